The van der Waals surface area contributed by atoms with Crippen LogP contribution >= 0.6 is 0 Å². The van der Waals surface area contributed by atoms with Crippen molar-refractivity contribution in [2.24, 2.45) is 0 Å². The van der Waals surface area contributed by atoms with Crippen LogP contribution in [-0.2, 0) is 17.9 Å². The summed E-state index contributed by atoms with van der Waals surface area (Å²) >= 11 is 0. The third-order valence-electron chi connectivity index (χ3n) is 3.32. The average Bonchev–Trinajstić information content (AvgIpc) is 2.70. The number of hydrogen-bond acceptors (Lipinski definition) is 4. The van der Waals surface area contributed by atoms with Crippen LogP contribution in [0.2, 0.25) is 0 Å². The second-order valence-corrected chi connectivity index (χ2v) is 4.37. The van der Waals surface area contributed by atoms with Crippen molar-refractivity contribution >= 4 is 0 Å². The number of hydrogen-bond donors (Lipinski definition) is 2. The predicted octanol–water partition coefficient (Wildman–Crippen LogP) is 1.43. The Kier molecular flexibility index (Phi) is 3.63. The van der Waals surface area contributed by atoms with Gasteiger partial charge in [0.05, 0.1) is 12.1 Å². The summed E-state index contributed by atoms with van der Waals surface area (Å²) in [5, 5.41) is 12.2. The van der Waals surface area contributed by atoms with Crippen LogP contribution in [0.25, 0.3) is 0 Å². The first-order valence-corrected chi connectivity index (χ1v) is 5.72. The predicted molar refractivity (Wildman–Crippen MR) is 59.9 cm³/mol. The summed E-state index contributed by atoms with van der Waals surface area (Å²) in [6, 6.07) is 3.69. The van der Waals surface area contributed by atoms with Crippen molar-refractivity contribution in [3.63, 3.8) is 0 Å². The number of rotatable bonds is 6. The van der Waals surface area contributed by atoms with E-state index in [0.717, 1.165) is 25.1 Å². The Hall–Kier alpha value is -0.840. The maximum absolute atomic E-state index is 8.86. The Bertz CT molecular complexity index is 325. The van der Waals surface area contributed by atoms with Crippen molar-refractivity contribution < 1.29 is 14.3 Å². The fourth-order valence-corrected chi connectivity index (χ4v) is 2.04. The molecule has 1 aliphatic rings. The number of ether oxygens (including phenoxy) is 1. The summed E-state index contributed by atoms with van der Waals surface area (Å²) in [4.78, 5) is 0. The first-order valence-electron chi connectivity index (χ1n) is 5.72. The minimum Gasteiger partial charge on any atom is -0.462 e. The van der Waals surface area contributed by atoms with Gasteiger partial charge in [-0.2, -0.15) is 0 Å². The van der Waals surface area contributed by atoms with E-state index in [-0.39, 0.29) is 12.2 Å². The highest BCUT2D eigenvalue weighted by atomic mass is 16.5. The van der Waals surface area contributed by atoms with Gasteiger partial charge in [0.1, 0.15) is 18.1 Å². The fourth-order valence-electron chi connectivity index (χ4n) is 2.04. The second-order valence-electron chi connectivity index (χ2n) is 4.37. The number of nitrogens with one attached hydrogen (secondary N) is 1. The third kappa shape index (κ3) is 2.45. The molecule has 1 aromatic heterocycles. The van der Waals surface area contributed by atoms with Crippen molar-refractivity contribution in [2.45, 2.75) is 38.0 Å². The zero-order chi connectivity index (χ0) is 11.4. The van der Waals surface area contributed by atoms with Crippen LogP contribution in [0.3, 0.4) is 0 Å². The van der Waals surface area contributed by atoms with Gasteiger partial charge in [0.15, 0.2) is 0 Å². The lowest BCUT2D eigenvalue weighted by Gasteiger charge is -2.40. The van der Waals surface area contributed by atoms with Gasteiger partial charge in [-0.05, 0) is 31.4 Å². The van der Waals surface area contributed by atoms with Crippen LogP contribution in [0.1, 0.15) is 30.8 Å². The molecule has 0 radical (unpaired) electrons. The molecule has 0 bridgehead atoms. The Morgan fingerprint density at radius 3 is 2.69 bits per heavy atom. The monoisotopic (exact) mass is 225 g/mol. The second kappa shape index (κ2) is 4.99. The van der Waals surface area contributed by atoms with Crippen molar-refractivity contribution in [2.75, 3.05) is 13.7 Å². The van der Waals surface area contributed by atoms with Crippen LogP contribution in [0.15, 0.2) is 16.5 Å². The summed E-state index contributed by atoms with van der Waals surface area (Å²) in [5.41, 5.74) is 0.0480. The Morgan fingerprint density at radius 2 is 2.19 bits per heavy atom. The van der Waals surface area contributed by atoms with Crippen LogP contribution in [0, 0.1) is 0 Å². The number of methoxy groups -OCH3 is 1. The Balaban J connectivity index is 1.75. The van der Waals surface area contributed by atoms with Gasteiger partial charge in [-0.15, -0.1) is 0 Å². The molecule has 0 amide bonds. The fraction of sp³-hybridized carbons (Fsp3) is 0.667. The molecule has 0 unspecified atom stereocenters. The van der Waals surface area contributed by atoms with E-state index in [1.807, 2.05) is 6.07 Å². The van der Waals surface area contributed by atoms with E-state index in [1.165, 1.54) is 6.42 Å². The maximum atomic E-state index is 8.86. The van der Waals surface area contributed by atoms with E-state index in [0.29, 0.717) is 12.3 Å². The van der Waals surface area contributed by atoms with Gasteiger partial charge in [0.25, 0.3) is 0 Å². The summed E-state index contributed by atoms with van der Waals surface area (Å²) in [6.45, 7) is 1.51. The molecule has 0 saturated heterocycles. The van der Waals surface area contributed by atoms with Crippen LogP contribution < -0.4 is 5.32 Å². The lowest BCUT2D eigenvalue weighted by Crippen LogP contribution is -2.47. The SMILES string of the molecule is COC1(CNCc2ccc(CO)o2)CCC1. The molecule has 2 N–H and O–H groups in total. The summed E-state index contributed by atoms with van der Waals surface area (Å²) in [5.74, 6) is 1.47. The van der Waals surface area contributed by atoms with E-state index in [9.17, 15) is 0 Å². The highest BCUT2D eigenvalue weighted by Gasteiger charge is 2.36. The molecular weight excluding hydrogens is 206 g/mol. The molecule has 16 heavy (non-hydrogen) atoms. The van der Waals surface area contributed by atoms with Crippen molar-refractivity contribution in [1.82, 2.24) is 5.32 Å². The molecule has 1 fully saturated rings. The number of furan rings is 1. The highest BCUT2D eigenvalue weighted by Crippen LogP contribution is 2.34. The smallest absolute Gasteiger partial charge is 0.129 e. The number of aliphatic hydroxyl groups excluding tert-OH is 1. The van der Waals surface area contributed by atoms with Crippen molar-refractivity contribution in [3.05, 3.63) is 23.7 Å². The zero-order valence-electron chi connectivity index (χ0n) is 9.66. The molecule has 4 nitrogen and oxygen atoms in total. The highest BCUT2D eigenvalue weighted by molar-refractivity contribution is 5.06. The van der Waals surface area contributed by atoms with Gasteiger partial charge in [0.2, 0.25) is 0 Å². The van der Waals surface area contributed by atoms with E-state index in [4.69, 9.17) is 14.3 Å². The van der Waals surface area contributed by atoms with Crippen LogP contribution in [-0.4, -0.2) is 24.4 Å². The normalized spacial score (nSPS) is 18.4. The molecular formula is C12H19NO3. The zero-order valence-corrected chi connectivity index (χ0v) is 9.66. The standard InChI is InChI=1S/C12H19NO3/c1-15-12(5-2-6-12)9-13-7-10-3-4-11(8-14)16-10/h3-4,13-14H,2,5-9H2,1H3. The van der Waals surface area contributed by atoms with E-state index < -0.39 is 0 Å². The number of aliphatic hydroxyl groups is 1. The Labute approximate surface area is 95.6 Å². The lowest BCUT2D eigenvalue weighted by atomic mass is 9.80. The average molecular weight is 225 g/mol. The maximum Gasteiger partial charge on any atom is 0.129 e. The minimum absolute atomic E-state index is 0.0397. The van der Waals surface area contributed by atoms with E-state index >= 15 is 0 Å². The molecule has 1 aromatic rings. The molecule has 1 heterocycles. The third-order valence-corrected chi connectivity index (χ3v) is 3.32. The lowest BCUT2D eigenvalue weighted by molar-refractivity contribution is -0.0697. The van der Waals surface area contributed by atoms with E-state index in [1.54, 1.807) is 13.2 Å². The van der Waals surface area contributed by atoms with Gasteiger partial charge in [-0.3, -0.25) is 0 Å². The van der Waals surface area contributed by atoms with Crippen molar-refractivity contribution in [3.8, 4) is 0 Å². The Morgan fingerprint density at radius 1 is 1.44 bits per heavy atom. The molecule has 2 rings (SSSR count). The van der Waals surface area contributed by atoms with Crippen molar-refractivity contribution in [1.29, 1.82) is 0 Å². The van der Waals surface area contributed by atoms with Gasteiger partial charge in [-0.1, -0.05) is 0 Å². The van der Waals surface area contributed by atoms with Gasteiger partial charge in [0, 0.05) is 13.7 Å². The molecule has 0 aliphatic heterocycles. The van der Waals surface area contributed by atoms with Gasteiger partial charge < -0.3 is 19.6 Å². The van der Waals surface area contributed by atoms with Crippen LogP contribution in [0.5, 0.6) is 0 Å². The summed E-state index contributed by atoms with van der Waals surface area (Å²) in [6.07, 6.45) is 3.53. The molecule has 90 valence electrons. The molecule has 0 atom stereocenters. The molecule has 0 spiro atoms. The molecule has 0 aromatic carbocycles. The quantitative estimate of drug-likeness (QED) is 0.769. The van der Waals surface area contributed by atoms with Gasteiger partial charge >= 0.3 is 0 Å². The minimum atomic E-state index is -0.0397. The molecule has 4 heteroatoms. The molecule has 1 saturated carbocycles. The first-order chi connectivity index (χ1) is 7.78. The van der Waals surface area contributed by atoms with Gasteiger partial charge in [-0.25, -0.2) is 0 Å². The van der Waals surface area contributed by atoms with Crippen LogP contribution in [0.4, 0.5) is 0 Å². The first kappa shape index (κ1) is 11.6. The van der Waals surface area contributed by atoms with E-state index in [2.05, 4.69) is 5.32 Å². The molecule has 1 aliphatic carbocycles. The topological polar surface area (TPSA) is 54.6 Å². The summed E-state index contributed by atoms with van der Waals surface area (Å²) < 4.78 is 10.9. The largest absolute Gasteiger partial charge is 0.462 e. The summed E-state index contributed by atoms with van der Waals surface area (Å²) in [7, 11) is 1.78.